The molecule has 2 heterocycles. The third kappa shape index (κ3) is 13.6. The average molecular weight is 764 g/mol. The number of benzene rings is 2. The molecule has 1 aliphatic heterocycles. The first-order chi connectivity index (χ1) is 24.7. The summed E-state index contributed by atoms with van der Waals surface area (Å²) in [6.45, 7) is 7.89. The zero-order valence-electron chi connectivity index (χ0n) is 29.1. The molecule has 19 heteroatoms. The molecule has 1 saturated heterocycles. The molecular weight excluding hydrogens is 723 g/mol. The second-order valence-electron chi connectivity index (χ2n) is 11.4. The van der Waals surface area contributed by atoms with Crippen molar-refractivity contribution >= 4 is 35.0 Å². The van der Waals surface area contributed by atoms with E-state index in [1.54, 1.807) is 31.4 Å². The molecule has 0 radical (unpaired) electrons. The summed E-state index contributed by atoms with van der Waals surface area (Å²) in [4.78, 5) is 26.9. The van der Waals surface area contributed by atoms with Gasteiger partial charge in [0, 0.05) is 37.0 Å². The van der Waals surface area contributed by atoms with Crippen LogP contribution in [0, 0.1) is 11.2 Å². The van der Waals surface area contributed by atoms with Gasteiger partial charge in [-0.05, 0) is 70.0 Å². The Morgan fingerprint density at radius 3 is 2.11 bits per heavy atom. The number of nitrogens with two attached hydrogens (primary N) is 1. The van der Waals surface area contributed by atoms with Crippen molar-refractivity contribution in [3.63, 3.8) is 0 Å². The number of hydrogen-bond acceptors (Lipinski definition) is 9. The lowest BCUT2D eigenvalue weighted by Crippen LogP contribution is -2.33. The van der Waals surface area contributed by atoms with Gasteiger partial charge in [-0.15, -0.1) is 0 Å². The van der Waals surface area contributed by atoms with Gasteiger partial charge in [0.2, 0.25) is 0 Å². The number of alkyl halides is 6. The number of carboxylic acid groups (broad SMARTS) is 2. The smallest absolute Gasteiger partial charge is 0.490 e. The number of rotatable bonds is 12. The number of anilines is 3. The van der Waals surface area contributed by atoms with E-state index in [0.717, 1.165) is 30.9 Å². The van der Waals surface area contributed by atoms with Gasteiger partial charge in [-0.2, -0.15) is 26.3 Å². The van der Waals surface area contributed by atoms with Crippen molar-refractivity contribution in [3.05, 3.63) is 71.7 Å². The van der Waals surface area contributed by atoms with Gasteiger partial charge in [0.25, 0.3) is 0 Å². The number of carboxylic acids is 2. The molecule has 0 bridgehead atoms. The molecule has 0 saturated carbocycles. The van der Waals surface area contributed by atoms with Gasteiger partial charge in [-0.25, -0.2) is 19.0 Å². The molecule has 53 heavy (non-hydrogen) atoms. The number of amidine groups is 1. The number of carbonyl (C=O) groups is 2. The molecule has 1 aromatic heterocycles. The lowest BCUT2D eigenvalue weighted by molar-refractivity contribution is -0.193. The van der Waals surface area contributed by atoms with Crippen molar-refractivity contribution < 1.29 is 64.7 Å². The first-order valence-corrected chi connectivity index (χ1v) is 15.9. The number of hydrogen-bond donors (Lipinski definition) is 4. The van der Waals surface area contributed by atoms with Crippen molar-refractivity contribution in [2.45, 2.75) is 64.7 Å². The fourth-order valence-electron chi connectivity index (χ4n) is 4.86. The van der Waals surface area contributed by atoms with Crippen LogP contribution in [0.5, 0.6) is 11.5 Å². The number of ether oxygens (including phenoxy) is 3. The summed E-state index contributed by atoms with van der Waals surface area (Å²) in [6, 6.07) is 16.6. The summed E-state index contributed by atoms with van der Waals surface area (Å²) in [5.74, 6) is -4.52. The summed E-state index contributed by atoms with van der Waals surface area (Å²) in [7, 11) is 1.72. The van der Waals surface area contributed by atoms with E-state index in [9.17, 15) is 26.3 Å². The Labute approximate surface area is 300 Å². The molecule has 292 valence electrons. The molecule has 5 N–H and O–H groups in total. The van der Waals surface area contributed by atoms with Gasteiger partial charge in [0.15, 0.2) is 11.6 Å². The normalized spacial score (nSPS) is 14.0. The van der Waals surface area contributed by atoms with Crippen molar-refractivity contribution in [2.24, 2.45) is 5.73 Å². The van der Waals surface area contributed by atoms with Crippen LogP contribution in [0.3, 0.4) is 0 Å². The van der Waals surface area contributed by atoms with Gasteiger partial charge >= 0.3 is 24.3 Å². The summed E-state index contributed by atoms with van der Waals surface area (Å²) in [5, 5.41) is 22.0. The van der Waals surface area contributed by atoms with E-state index in [-0.39, 0.29) is 23.7 Å². The molecule has 0 spiro atoms. The average Bonchev–Trinajstić information content (AvgIpc) is 3.53. The van der Waals surface area contributed by atoms with Crippen LogP contribution < -0.4 is 25.0 Å². The second-order valence-corrected chi connectivity index (χ2v) is 11.4. The molecule has 0 aliphatic carbocycles. The molecule has 2 aromatic carbocycles. The summed E-state index contributed by atoms with van der Waals surface area (Å²) < 4.78 is 96.5. The lowest BCUT2D eigenvalue weighted by atomic mass is 10.1. The maximum atomic E-state index is 16.0. The van der Waals surface area contributed by atoms with Crippen LogP contribution in [0.4, 0.5) is 47.9 Å². The minimum atomic E-state index is -5.08. The van der Waals surface area contributed by atoms with Crippen molar-refractivity contribution in [2.75, 3.05) is 36.7 Å². The predicted molar refractivity (Wildman–Crippen MR) is 180 cm³/mol. The molecular formula is C34H40F7N5O7. The van der Waals surface area contributed by atoms with Crippen LogP contribution in [-0.4, -0.2) is 84.3 Å². The number of nitrogens with one attached hydrogen (secondary N) is 1. The minimum Gasteiger partial charge on any atom is -0.494 e. The summed E-state index contributed by atoms with van der Waals surface area (Å²) in [6.07, 6.45) is -8.24. The maximum Gasteiger partial charge on any atom is 0.490 e. The number of methoxy groups -OCH3 is 1. The molecule has 0 amide bonds. The first kappa shape index (κ1) is 43.8. The van der Waals surface area contributed by atoms with Crippen LogP contribution in [0.15, 0.2) is 54.6 Å². The molecule has 3 aromatic rings. The van der Waals surface area contributed by atoms with E-state index in [2.05, 4.69) is 4.90 Å². The maximum absolute atomic E-state index is 16.0. The lowest BCUT2D eigenvalue weighted by Gasteiger charge is -2.28. The monoisotopic (exact) mass is 763 g/mol. The van der Waals surface area contributed by atoms with Gasteiger partial charge in [-0.1, -0.05) is 6.07 Å². The van der Waals surface area contributed by atoms with E-state index >= 15 is 4.39 Å². The highest BCUT2D eigenvalue weighted by Crippen LogP contribution is 2.38. The first-order valence-electron chi connectivity index (χ1n) is 15.9. The number of nitrogens with zero attached hydrogens (tertiary/aromatic N) is 3. The Morgan fingerprint density at radius 2 is 1.62 bits per heavy atom. The third-order valence-electron chi connectivity index (χ3n) is 7.08. The molecule has 1 atom stereocenters. The fourth-order valence-corrected chi connectivity index (χ4v) is 4.86. The Balaban J connectivity index is 0.000000587. The Kier molecular flexibility index (Phi) is 16.1. The number of pyridine rings is 1. The van der Waals surface area contributed by atoms with Gasteiger partial charge in [0.1, 0.15) is 17.4 Å². The van der Waals surface area contributed by atoms with E-state index in [1.165, 1.54) is 0 Å². The van der Waals surface area contributed by atoms with E-state index < -0.39 is 30.1 Å². The highest BCUT2D eigenvalue weighted by molar-refractivity contribution is 5.95. The summed E-state index contributed by atoms with van der Waals surface area (Å²) >= 11 is 0. The van der Waals surface area contributed by atoms with Gasteiger partial charge in [0.05, 0.1) is 43.3 Å². The van der Waals surface area contributed by atoms with Gasteiger partial charge < -0.3 is 40.0 Å². The number of nitrogen functional groups attached to an aromatic ring is 1. The topological polar surface area (TPSA) is 172 Å². The third-order valence-corrected chi connectivity index (χ3v) is 7.08. The van der Waals surface area contributed by atoms with E-state index in [1.807, 2.05) is 56.0 Å². The Morgan fingerprint density at radius 1 is 1.04 bits per heavy atom. The van der Waals surface area contributed by atoms with Crippen molar-refractivity contribution in [1.29, 1.82) is 5.41 Å². The number of halogens is 7. The largest absolute Gasteiger partial charge is 0.494 e. The van der Waals surface area contributed by atoms with Crippen LogP contribution in [0.25, 0.3) is 0 Å². The Bertz CT molecular complexity index is 1650. The highest BCUT2D eigenvalue weighted by atomic mass is 19.4. The quantitative estimate of drug-likeness (QED) is 0.0859. The SMILES string of the molecule is CCOc1cc(OC(C)C)c(F)c(N(Cc2cccc(N3CCC[C@H]3COC)n2)c2ccc(C(=N)N)cc2)c1.O=C(O)C(F)(F)F.O=C(O)C(F)(F)F. The fraction of sp³-hybridized carbons (Fsp3) is 0.412. The van der Waals surface area contributed by atoms with Crippen molar-refractivity contribution in [3.8, 4) is 11.5 Å². The second kappa shape index (κ2) is 19.5. The Hall–Kier alpha value is -5.33. The van der Waals surface area contributed by atoms with E-state index in [0.29, 0.717) is 42.4 Å². The molecule has 12 nitrogen and oxygen atoms in total. The summed E-state index contributed by atoms with van der Waals surface area (Å²) in [5.41, 5.74) is 8.06. The number of aliphatic carboxylic acids is 2. The van der Waals surface area contributed by atoms with Gasteiger partial charge in [-0.3, -0.25) is 5.41 Å². The standard InChI is InChI=1S/C30H38FN5O3.2C2HF3O2/c1-5-38-25-16-26(29(31)27(17-25)39-20(2)3)36(23-13-11-21(12-14-23)30(32)33)18-22-8-6-10-28(34-22)35-15-7-9-24(35)19-37-4;2*3-2(4,5)1(6)7/h6,8,10-14,16-17,20,24H,5,7,9,15,18-19H2,1-4H3,(H3,32,33);2*(H,6,7)/t24-;;/m0../s1. The zero-order valence-corrected chi connectivity index (χ0v) is 29.1. The molecule has 1 aliphatic rings. The molecule has 1 fully saturated rings. The van der Waals surface area contributed by atoms with Crippen LogP contribution in [0.2, 0.25) is 0 Å². The van der Waals surface area contributed by atoms with E-state index in [4.69, 9.17) is 50.1 Å². The molecule has 0 unspecified atom stereocenters. The van der Waals surface area contributed by atoms with Crippen LogP contribution in [-0.2, 0) is 20.9 Å². The zero-order chi connectivity index (χ0) is 40.1. The number of aromatic nitrogens is 1. The minimum absolute atomic E-state index is 0.0316. The van der Waals surface area contributed by atoms with Crippen molar-refractivity contribution in [1.82, 2.24) is 4.98 Å². The van der Waals surface area contributed by atoms with Crippen LogP contribution >= 0.6 is 0 Å². The molecule has 4 rings (SSSR count). The predicted octanol–water partition coefficient (Wildman–Crippen LogP) is 6.91. The van der Waals surface area contributed by atoms with Crippen LogP contribution in [0.1, 0.15) is 44.9 Å². The highest BCUT2D eigenvalue weighted by Gasteiger charge is 2.39.